The average molecular weight is 602 g/mol. The van der Waals surface area contributed by atoms with Crippen molar-refractivity contribution in [1.82, 2.24) is 0 Å². The minimum Gasteiger partial charge on any atom is -0.506 e. The molecule has 4 bridgehead atoms. The Hall–Kier alpha value is -3.34. The van der Waals surface area contributed by atoms with Crippen molar-refractivity contribution in [1.29, 1.82) is 0 Å². The van der Waals surface area contributed by atoms with Gasteiger partial charge in [-0.25, -0.2) is 17.6 Å². The standard InChI is InChI=1S/C22H12F14N2O2/c23-14-13(7-1-3-11(39)9(37)5-7,8-2-4-12(40)10(38)6-8)15(24)20(31,32)16(25,18(14,27)28)22(35,36)17(26,19(14,29)30)21(15,33)34/h1-6,39-40H,37-38H2. The molecule has 0 radical (unpaired) electrons. The normalized spacial score (nSPS) is 38.8. The van der Waals surface area contributed by atoms with E-state index < -0.39 is 91.7 Å². The van der Waals surface area contributed by atoms with Gasteiger partial charge in [-0.05, 0) is 35.4 Å². The van der Waals surface area contributed by atoms with Gasteiger partial charge in [0.15, 0.2) is 0 Å². The lowest BCUT2D eigenvalue weighted by Gasteiger charge is -2.77. The maximum absolute atomic E-state index is 16.9. The molecule has 4 aliphatic rings. The molecule has 4 fully saturated rings. The first-order chi connectivity index (χ1) is 17.8. The molecular weight excluding hydrogens is 590 g/mol. The van der Waals surface area contributed by atoms with Crippen molar-refractivity contribution in [2.45, 2.75) is 57.7 Å². The largest absolute Gasteiger partial charge is 0.506 e. The Balaban J connectivity index is 2.19. The van der Waals surface area contributed by atoms with E-state index in [1.807, 2.05) is 0 Å². The fourth-order valence-corrected chi connectivity index (χ4v) is 6.48. The van der Waals surface area contributed by atoms with E-state index in [9.17, 15) is 19.0 Å². The van der Waals surface area contributed by atoms with Crippen LogP contribution in [0.2, 0.25) is 0 Å². The summed E-state index contributed by atoms with van der Waals surface area (Å²) in [6.45, 7) is 0. The summed E-state index contributed by atoms with van der Waals surface area (Å²) in [6.07, 6.45) is 0. The first-order valence-corrected chi connectivity index (χ1v) is 10.6. The van der Waals surface area contributed by atoms with Gasteiger partial charge in [0, 0.05) is 0 Å². The van der Waals surface area contributed by atoms with Gasteiger partial charge in [-0.15, -0.1) is 0 Å². The van der Waals surface area contributed by atoms with E-state index in [-0.39, 0.29) is 36.4 Å². The van der Waals surface area contributed by atoms with E-state index in [1.165, 1.54) is 0 Å². The lowest BCUT2D eigenvalue weighted by molar-refractivity contribution is -0.583. The van der Waals surface area contributed by atoms with Crippen LogP contribution in [0.3, 0.4) is 0 Å². The maximum Gasteiger partial charge on any atom is 0.339 e. The summed E-state index contributed by atoms with van der Waals surface area (Å²) < 4.78 is 220. The zero-order chi connectivity index (χ0) is 30.7. The van der Waals surface area contributed by atoms with Gasteiger partial charge in [0.05, 0.1) is 11.4 Å². The molecule has 4 nitrogen and oxygen atoms in total. The molecule has 220 valence electrons. The third-order valence-corrected chi connectivity index (χ3v) is 8.28. The molecule has 6 rings (SSSR count). The number of anilines is 2. The Morgan fingerprint density at radius 1 is 0.425 bits per heavy atom. The van der Waals surface area contributed by atoms with Gasteiger partial charge in [0.2, 0.25) is 0 Å². The van der Waals surface area contributed by atoms with E-state index in [0.29, 0.717) is 0 Å². The maximum atomic E-state index is 16.9. The van der Waals surface area contributed by atoms with Crippen LogP contribution in [0.5, 0.6) is 11.5 Å². The molecule has 0 aromatic heterocycles. The number of nitrogen functional groups attached to an aromatic ring is 2. The monoisotopic (exact) mass is 602 g/mol. The molecule has 6 N–H and O–H groups in total. The lowest BCUT2D eigenvalue weighted by Crippen LogP contribution is -3.09. The Morgan fingerprint density at radius 2 is 0.675 bits per heavy atom. The molecule has 4 saturated carbocycles. The van der Waals surface area contributed by atoms with Gasteiger partial charge in [-0.3, -0.25) is 0 Å². The van der Waals surface area contributed by atoms with Gasteiger partial charge < -0.3 is 21.7 Å². The highest BCUT2D eigenvalue weighted by Gasteiger charge is 3.22. The summed E-state index contributed by atoms with van der Waals surface area (Å²) in [5, 5.41) is 19.3. The van der Waals surface area contributed by atoms with Gasteiger partial charge in [-0.2, -0.15) is 43.9 Å². The number of rotatable bonds is 2. The molecule has 18 heteroatoms. The fraction of sp³-hybridized carbons (Fsp3) is 0.455. The Bertz CT molecular complexity index is 1340. The summed E-state index contributed by atoms with van der Waals surface area (Å²) >= 11 is 0. The second-order valence-electron chi connectivity index (χ2n) is 9.80. The van der Waals surface area contributed by atoms with Crippen molar-refractivity contribution in [3.05, 3.63) is 47.5 Å². The van der Waals surface area contributed by atoms with Crippen molar-refractivity contribution in [2.24, 2.45) is 0 Å². The molecule has 0 unspecified atom stereocenters. The average Bonchev–Trinajstić information content (AvgIpc) is 2.84. The van der Waals surface area contributed by atoms with Crippen LogP contribution < -0.4 is 11.5 Å². The molecule has 0 aliphatic heterocycles. The minimum absolute atomic E-state index is 0.117. The van der Waals surface area contributed by atoms with Crippen LogP contribution in [-0.2, 0) is 5.41 Å². The Labute approximate surface area is 212 Å². The predicted molar refractivity (Wildman–Crippen MR) is 106 cm³/mol. The van der Waals surface area contributed by atoms with Crippen LogP contribution in [0.15, 0.2) is 36.4 Å². The quantitative estimate of drug-likeness (QED) is 0.205. The predicted octanol–water partition coefficient (Wildman–Crippen LogP) is 5.60. The summed E-state index contributed by atoms with van der Waals surface area (Å²) in [4.78, 5) is 0. The molecule has 0 amide bonds. The summed E-state index contributed by atoms with van der Waals surface area (Å²) in [7, 11) is 0. The topological polar surface area (TPSA) is 92.5 Å². The minimum atomic E-state index is -7.83. The van der Waals surface area contributed by atoms with Crippen LogP contribution in [0.1, 0.15) is 11.1 Å². The summed E-state index contributed by atoms with van der Waals surface area (Å²) in [6, 6.07) is -0.514. The number of alkyl halides is 14. The lowest BCUT2D eigenvalue weighted by atomic mass is 9.32. The highest BCUT2D eigenvalue weighted by molar-refractivity contribution is 5.69. The van der Waals surface area contributed by atoms with Crippen LogP contribution >= 0.6 is 0 Å². The fourth-order valence-electron chi connectivity index (χ4n) is 6.48. The number of phenolic OH excluding ortho intramolecular Hbond substituents is 2. The molecule has 0 saturated heterocycles. The van der Waals surface area contributed by atoms with Crippen molar-refractivity contribution in [3.63, 3.8) is 0 Å². The van der Waals surface area contributed by atoms with Gasteiger partial charge in [0.25, 0.3) is 11.3 Å². The van der Waals surface area contributed by atoms with E-state index in [1.54, 1.807) is 0 Å². The molecule has 2 aromatic carbocycles. The third kappa shape index (κ3) is 1.93. The first-order valence-electron chi connectivity index (χ1n) is 10.6. The van der Waals surface area contributed by atoms with Crippen molar-refractivity contribution >= 4 is 11.4 Å². The van der Waals surface area contributed by atoms with Crippen LogP contribution in [0.25, 0.3) is 0 Å². The van der Waals surface area contributed by atoms with Gasteiger partial charge >= 0.3 is 41.0 Å². The summed E-state index contributed by atoms with van der Waals surface area (Å²) in [5.74, 6) is -40.5. The Kier molecular flexibility index (Phi) is 4.64. The highest BCUT2D eigenvalue weighted by Crippen LogP contribution is 2.90. The van der Waals surface area contributed by atoms with Crippen LogP contribution in [-0.4, -0.2) is 62.5 Å². The smallest absolute Gasteiger partial charge is 0.339 e. The molecule has 40 heavy (non-hydrogen) atoms. The zero-order valence-corrected chi connectivity index (χ0v) is 18.8. The third-order valence-electron chi connectivity index (χ3n) is 8.28. The Morgan fingerprint density at radius 3 is 0.925 bits per heavy atom. The number of halogens is 14. The summed E-state index contributed by atoms with van der Waals surface area (Å²) in [5.41, 5.74) is -31.5. The molecule has 2 aromatic rings. The van der Waals surface area contributed by atoms with Gasteiger partial charge in [-0.1, -0.05) is 12.1 Å². The van der Waals surface area contributed by atoms with E-state index in [2.05, 4.69) is 0 Å². The van der Waals surface area contributed by atoms with E-state index >= 15 is 52.7 Å². The van der Waals surface area contributed by atoms with Crippen LogP contribution in [0, 0.1) is 0 Å². The highest BCUT2D eigenvalue weighted by atomic mass is 19.3. The molecule has 0 heterocycles. The van der Waals surface area contributed by atoms with Crippen molar-refractivity contribution in [2.75, 3.05) is 11.5 Å². The number of aromatic hydroxyl groups is 2. The number of hydrogen-bond donors (Lipinski definition) is 4. The molecule has 4 aliphatic carbocycles. The number of nitrogens with two attached hydrogens (primary N) is 2. The number of benzene rings is 2. The number of hydrogen-bond acceptors (Lipinski definition) is 4. The molecule has 0 spiro atoms. The zero-order valence-electron chi connectivity index (χ0n) is 18.8. The SMILES string of the molecule is Nc1cc(C2(c3ccc(O)c(N)c3)C3(F)C(F)(F)C4(F)C(F)(F)C(F)(C3(F)F)C(F)(F)C2(F)C4(F)F)ccc1O. The van der Waals surface area contributed by atoms with Crippen molar-refractivity contribution in [3.8, 4) is 11.5 Å². The van der Waals surface area contributed by atoms with Crippen molar-refractivity contribution < 1.29 is 71.7 Å². The second-order valence-corrected chi connectivity index (χ2v) is 9.80. The molecule has 0 atom stereocenters. The first kappa shape index (κ1) is 28.2. The van der Waals surface area contributed by atoms with E-state index in [0.717, 1.165) is 0 Å². The van der Waals surface area contributed by atoms with E-state index in [4.69, 9.17) is 11.5 Å². The second kappa shape index (κ2) is 6.58. The van der Waals surface area contributed by atoms with Gasteiger partial charge in [0.1, 0.15) is 16.9 Å². The number of phenols is 2. The van der Waals surface area contributed by atoms with Crippen LogP contribution in [0.4, 0.5) is 72.8 Å². The molecular formula is C22H12F14N2O2.